The Bertz CT molecular complexity index is 551. The highest BCUT2D eigenvalue weighted by Crippen LogP contribution is 2.25. The number of nitrogens with zero attached hydrogens (tertiary/aromatic N) is 2. The number of nitrogens with one attached hydrogen (secondary N) is 1. The molecular formula is C10H15N3O4S. The fraction of sp³-hybridized carbons (Fsp3) is 0.600. The average molecular weight is 273 g/mol. The maximum Gasteiger partial charge on any atom is 0.339 e. The van der Waals surface area contributed by atoms with Crippen LogP contribution in [0.4, 0.5) is 0 Å². The van der Waals surface area contributed by atoms with E-state index >= 15 is 0 Å². The van der Waals surface area contributed by atoms with Crippen molar-refractivity contribution in [1.82, 2.24) is 14.8 Å². The van der Waals surface area contributed by atoms with Gasteiger partial charge in [-0.3, -0.25) is 24.2 Å². The van der Waals surface area contributed by atoms with Gasteiger partial charge in [-0.15, -0.1) is 0 Å². The van der Waals surface area contributed by atoms with Gasteiger partial charge in [-0.25, -0.2) is 0 Å². The predicted molar refractivity (Wildman–Crippen MR) is 66.6 cm³/mol. The minimum Gasteiger partial charge on any atom is -0.469 e. The molecule has 1 aromatic heterocycles. The Morgan fingerprint density at radius 2 is 2.06 bits per heavy atom. The molecule has 1 rings (SSSR count). The Kier molecular flexibility index (Phi) is 4.71. The molecule has 1 aromatic rings. The van der Waals surface area contributed by atoms with E-state index in [1.807, 2.05) is 6.92 Å². The molecule has 0 amide bonds. The Morgan fingerprint density at radius 3 is 2.61 bits per heavy atom. The Morgan fingerprint density at radius 1 is 1.44 bits per heavy atom. The van der Waals surface area contributed by atoms with Gasteiger partial charge in [-0.05, 0) is 0 Å². The zero-order valence-corrected chi connectivity index (χ0v) is 11.4. The first kappa shape index (κ1) is 14.5. The van der Waals surface area contributed by atoms with E-state index in [1.54, 1.807) is 14.0 Å². The van der Waals surface area contributed by atoms with E-state index in [1.165, 1.54) is 23.6 Å². The van der Waals surface area contributed by atoms with Gasteiger partial charge in [0.2, 0.25) is 0 Å². The molecule has 0 aliphatic heterocycles. The number of hydrogen-bond donors (Lipinski definition) is 1. The van der Waals surface area contributed by atoms with E-state index in [4.69, 9.17) is 0 Å². The van der Waals surface area contributed by atoms with Crippen molar-refractivity contribution in [2.75, 3.05) is 7.11 Å². The first-order valence-corrected chi connectivity index (χ1v) is 6.16. The van der Waals surface area contributed by atoms with Crippen molar-refractivity contribution in [2.45, 2.75) is 24.3 Å². The molecular weight excluding hydrogens is 258 g/mol. The fourth-order valence-corrected chi connectivity index (χ4v) is 2.20. The third-order valence-electron chi connectivity index (χ3n) is 2.52. The van der Waals surface area contributed by atoms with Crippen LogP contribution in [0.25, 0.3) is 0 Å². The van der Waals surface area contributed by atoms with Crippen molar-refractivity contribution in [3.05, 3.63) is 20.7 Å². The average Bonchev–Trinajstić information content (AvgIpc) is 2.33. The zero-order valence-electron chi connectivity index (χ0n) is 10.6. The van der Waals surface area contributed by atoms with Crippen molar-refractivity contribution in [3.8, 4) is 0 Å². The SMILES string of the molecule is COC(=O)C(C)C(C)Sc1nc(=O)c(=O)[nH]n1C. The molecule has 100 valence electrons. The third-order valence-corrected chi connectivity index (χ3v) is 3.87. The van der Waals surface area contributed by atoms with Crippen LogP contribution in [0.5, 0.6) is 0 Å². The highest BCUT2D eigenvalue weighted by atomic mass is 32.2. The molecule has 2 atom stereocenters. The van der Waals surface area contributed by atoms with Gasteiger partial charge >= 0.3 is 17.1 Å². The first-order chi connectivity index (χ1) is 8.36. The van der Waals surface area contributed by atoms with Crippen LogP contribution in [0, 0.1) is 5.92 Å². The van der Waals surface area contributed by atoms with Gasteiger partial charge in [-0.1, -0.05) is 25.6 Å². The number of hydrogen-bond acceptors (Lipinski definition) is 6. The molecule has 2 unspecified atom stereocenters. The molecule has 0 radical (unpaired) electrons. The number of H-pyrrole nitrogens is 1. The monoisotopic (exact) mass is 273 g/mol. The minimum absolute atomic E-state index is 0.138. The molecule has 0 fully saturated rings. The van der Waals surface area contributed by atoms with Crippen LogP contribution in [0.15, 0.2) is 14.7 Å². The van der Waals surface area contributed by atoms with Gasteiger partial charge in [0.05, 0.1) is 13.0 Å². The number of methoxy groups -OCH3 is 1. The lowest BCUT2D eigenvalue weighted by Gasteiger charge is -2.17. The number of rotatable bonds is 4. The highest BCUT2D eigenvalue weighted by Gasteiger charge is 2.23. The second-order valence-corrected chi connectivity index (χ2v) is 5.18. The molecule has 0 saturated carbocycles. The summed E-state index contributed by atoms with van der Waals surface area (Å²) in [5.74, 6) is -0.673. The smallest absolute Gasteiger partial charge is 0.339 e. The summed E-state index contributed by atoms with van der Waals surface area (Å²) in [5.41, 5.74) is -1.61. The topological polar surface area (TPSA) is 94.1 Å². The van der Waals surface area contributed by atoms with Crippen molar-refractivity contribution in [3.63, 3.8) is 0 Å². The summed E-state index contributed by atoms with van der Waals surface area (Å²) >= 11 is 1.23. The van der Waals surface area contributed by atoms with E-state index in [0.29, 0.717) is 5.16 Å². The summed E-state index contributed by atoms with van der Waals surface area (Å²) in [6, 6.07) is 0. The van der Waals surface area contributed by atoms with Crippen LogP contribution in [-0.4, -0.2) is 33.1 Å². The largest absolute Gasteiger partial charge is 0.469 e. The minimum atomic E-state index is -0.839. The fourth-order valence-electron chi connectivity index (χ4n) is 1.21. The summed E-state index contributed by atoms with van der Waals surface area (Å²) in [6.07, 6.45) is 0. The van der Waals surface area contributed by atoms with Gasteiger partial charge in [0.15, 0.2) is 5.16 Å². The summed E-state index contributed by atoms with van der Waals surface area (Å²) in [7, 11) is 2.90. The molecule has 0 spiro atoms. The number of aryl methyl sites for hydroxylation is 1. The number of esters is 1. The Balaban J connectivity index is 2.92. The summed E-state index contributed by atoms with van der Waals surface area (Å²) in [4.78, 5) is 37.2. The molecule has 18 heavy (non-hydrogen) atoms. The molecule has 8 heteroatoms. The summed E-state index contributed by atoms with van der Waals surface area (Å²) < 4.78 is 6.00. The number of carbonyl (C=O) groups is 1. The van der Waals surface area contributed by atoms with Gasteiger partial charge < -0.3 is 4.74 Å². The van der Waals surface area contributed by atoms with Gasteiger partial charge in [0.1, 0.15) is 0 Å². The van der Waals surface area contributed by atoms with E-state index in [9.17, 15) is 14.4 Å². The molecule has 0 aliphatic rings. The second-order valence-electron chi connectivity index (χ2n) is 3.83. The van der Waals surface area contributed by atoms with Crippen LogP contribution < -0.4 is 11.1 Å². The number of aromatic nitrogens is 3. The number of carbonyl (C=O) groups excluding carboxylic acids is 1. The Labute approximate surface area is 108 Å². The molecule has 1 heterocycles. The van der Waals surface area contributed by atoms with E-state index < -0.39 is 11.1 Å². The number of thioether (sulfide) groups is 1. The van der Waals surface area contributed by atoms with Crippen LogP contribution >= 0.6 is 11.8 Å². The molecule has 0 saturated heterocycles. The van der Waals surface area contributed by atoms with Gasteiger partial charge in [-0.2, -0.15) is 4.98 Å². The van der Waals surface area contributed by atoms with Crippen molar-refractivity contribution in [2.24, 2.45) is 13.0 Å². The Hall–Kier alpha value is -1.57. The van der Waals surface area contributed by atoms with E-state index in [2.05, 4.69) is 14.8 Å². The van der Waals surface area contributed by atoms with Crippen LogP contribution in [0.2, 0.25) is 0 Å². The first-order valence-electron chi connectivity index (χ1n) is 5.28. The molecule has 0 aromatic carbocycles. The lowest BCUT2D eigenvalue weighted by molar-refractivity contribution is -0.144. The lowest BCUT2D eigenvalue weighted by Crippen LogP contribution is -2.34. The zero-order chi connectivity index (χ0) is 13.9. The predicted octanol–water partition coefficient (Wildman–Crippen LogP) is -0.242. The van der Waals surface area contributed by atoms with E-state index in [-0.39, 0.29) is 17.1 Å². The van der Waals surface area contributed by atoms with Crippen LogP contribution in [-0.2, 0) is 16.6 Å². The van der Waals surface area contributed by atoms with Gasteiger partial charge in [0.25, 0.3) is 0 Å². The van der Waals surface area contributed by atoms with Gasteiger partial charge in [0, 0.05) is 12.3 Å². The summed E-state index contributed by atoms with van der Waals surface area (Å²) in [6.45, 7) is 3.55. The quantitative estimate of drug-likeness (QED) is 0.462. The van der Waals surface area contributed by atoms with Crippen molar-refractivity contribution >= 4 is 17.7 Å². The standard InChI is InChI=1S/C10H15N3O4S/c1-5(9(16)17-4)6(2)18-10-11-7(14)8(15)12-13(10)3/h5-6H,1-4H3,(H,12,15). The molecule has 0 aliphatic carbocycles. The van der Waals surface area contributed by atoms with Crippen molar-refractivity contribution < 1.29 is 9.53 Å². The number of ether oxygens (including phenoxy) is 1. The normalized spacial score (nSPS) is 14.0. The second kappa shape index (κ2) is 5.85. The maximum absolute atomic E-state index is 11.4. The molecule has 7 nitrogen and oxygen atoms in total. The summed E-state index contributed by atoms with van der Waals surface area (Å²) in [5, 5.41) is 2.56. The molecule has 0 bridgehead atoms. The van der Waals surface area contributed by atoms with Crippen LogP contribution in [0.1, 0.15) is 13.8 Å². The third kappa shape index (κ3) is 3.22. The molecule has 1 N–H and O–H groups in total. The van der Waals surface area contributed by atoms with Crippen molar-refractivity contribution in [1.29, 1.82) is 0 Å². The highest BCUT2D eigenvalue weighted by molar-refractivity contribution is 7.99. The van der Waals surface area contributed by atoms with E-state index in [0.717, 1.165) is 0 Å². The maximum atomic E-state index is 11.4. The van der Waals surface area contributed by atoms with Crippen LogP contribution in [0.3, 0.4) is 0 Å². The lowest BCUT2D eigenvalue weighted by atomic mass is 10.1. The number of aromatic amines is 1.